The highest BCUT2D eigenvalue weighted by atomic mass is 32.1. The van der Waals surface area contributed by atoms with Crippen LogP contribution in [0.1, 0.15) is 15.9 Å². The van der Waals surface area contributed by atoms with Crippen LogP contribution in [0.25, 0.3) is 10.6 Å². The van der Waals surface area contributed by atoms with E-state index < -0.39 is 0 Å². The molecule has 8 nitrogen and oxygen atoms in total. The van der Waals surface area contributed by atoms with Crippen molar-refractivity contribution in [3.05, 3.63) is 83.9 Å². The molecule has 2 heterocycles. The van der Waals surface area contributed by atoms with E-state index in [0.29, 0.717) is 27.2 Å². The quantitative estimate of drug-likeness (QED) is 0.395. The van der Waals surface area contributed by atoms with Crippen LogP contribution in [0.4, 0.5) is 9.52 Å². The van der Waals surface area contributed by atoms with Gasteiger partial charge >= 0.3 is 0 Å². The SMILES string of the molecule is CN(C)C.COc1cc(C(=O)Nc2nnc(-c3ccncc3)s2)ccc1OCc1ccc(F)cc1. The number of nitrogens with one attached hydrogen (secondary N) is 1. The normalized spacial score (nSPS) is 10.3. The lowest BCUT2D eigenvalue weighted by Gasteiger charge is -2.12. The van der Waals surface area contributed by atoms with Crippen LogP contribution in [0, 0.1) is 5.82 Å². The first kappa shape index (κ1) is 25.7. The van der Waals surface area contributed by atoms with Crippen molar-refractivity contribution >= 4 is 22.4 Å². The minimum atomic E-state index is -0.346. The van der Waals surface area contributed by atoms with Crippen LogP contribution < -0.4 is 14.8 Å². The molecule has 35 heavy (non-hydrogen) atoms. The molecule has 0 unspecified atom stereocenters. The molecular weight excluding hydrogens is 469 g/mol. The van der Waals surface area contributed by atoms with Gasteiger partial charge in [-0.05, 0) is 69.2 Å². The average Bonchev–Trinajstić information content (AvgIpc) is 3.32. The van der Waals surface area contributed by atoms with Crippen LogP contribution in [0.2, 0.25) is 0 Å². The highest BCUT2D eigenvalue weighted by Crippen LogP contribution is 2.30. The average molecular weight is 496 g/mol. The molecule has 0 spiro atoms. The molecule has 182 valence electrons. The summed E-state index contributed by atoms with van der Waals surface area (Å²) >= 11 is 1.26. The van der Waals surface area contributed by atoms with Gasteiger partial charge in [0.1, 0.15) is 17.4 Å². The zero-order valence-electron chi connectivity index (χ0n) is 19.9. The van der Waals surface area contributed by atoms with Crippen molar-refractivity contribution in [2.24, 2.45) is 0 Å². The van der Waals surface area contributed by atoms with Gasteiger partial charge in [-0.3, -0.25) is 15.1 Å². The number of amides is 1. The zero-order valence-corrected chi connectivity index (χ0v) is 20.7. The Hall–Kier alpha value is -3.89. The number of carbonyl (C=O) groups excluding carboxylic acids is 1. The second-order valence-corrected chi connectivity index (χ2v) is 8.70. The summed E-state index contributed by atoms with van der Waals surface area (Å²) in [4.78, 5) is 18.6. The van der Waals surface area contributed by atoms with Crippen LogP contribution >= 0.6 is 11.3 Å². The lowest BCUT2D eigenvalue weighted by atomic mass is 10.2. The Balaban J connectivity index is 0.000000795. The molecule has 4 rings (SSSR count). The molecule has 1 amide bonds. The summed E-state index contributed by atoms with van der Waals surface area (Å²) in [6, 6.07) is 14.5. The maximum atomic E-state index is 13.0. The molecule has 2 aromatic carbocycles. The fourth-order valence-electron chi connectivity index (χ4n) is 2.72. The maximum absolute atomic E-state index is 13.0. The number of nitrogens with zero attached hydrogens (tertiary/aromatic N) is 4. The third-order valence-corrected chi connectivity index (χ3v) is 5.19. The molecule has 0 bridgehead atoms. The van der Waals surface area contributed by atoms with Gasteiger partial charge in [-0.2, -0.15) is 0 Å². The van der Waals surface area contributed by atoms with Gasteiger partial charge in [-0.1, -0.05) is 23.5 Å². The van der Waals surface area contributed by atoms with Crippen LogP contribution in [-0.2, 0) is 6.61 Å². The first-order valence-electron chi connectivity index (χ1n) is 10.6. The minimum Gasteiger partial charge on any atom is -0.493 e. The van der Waals surface area contributed by atoms with E-state index in [9.17, 15) is 9.18 Å². The van der Waals surface area contributed by atoms with Gasteiger partial charge in [-0.25, -0.2) is 4.39 Å². The number of hydrogen-bond acceptors (Lipinski definition) is 8. The summed E-state index contributed by atoms with van der Waals surface area (Å²) in [6.07, 6.45) is 3.34. The topological polar surface area (TPSA) is 89.5 Å². The van der Waals surface area contributed by atoms with E-state index >= 15 is 0 Å². The Kier molecular flexibility index (Phi) is 9.22. The molecular formula is C25H26FN5O3S. The number of ether oxygens (including phenoxy) is 2. The third kappa shape index (κ3) is 7.83. The van der Waals surface area contributed by atoms with Crippen LogP contribution in [0.15, 0.2) is 67.0 Å². The number of pyridine rings is 1. The van der Waals surface area contributed by atoms with Crippen molar-refractivity contribution in [2.45, 2.75) is 6.61 Å². The van der Waals surface area contributed by atoms with Crippen LogP contribution in [0.5, 0.6) is 11.5 Å². The fourth-order valence-corrected chi connectivity index (χ4v) is 3.47. The van der Waals surface area contributed by atoms with Crippen LogP contribution in [-0.4, -0.2) is 54.2 Å². The summed E-state index contributed by atoms with van der Waals surface area (Å²) in [6.45, 7) is 0.241. The van der Waals surface area contributed by atoms with Crippen molar-refractivity contribution in [3.63, 3.8) is 0 Å². The van der Waals surface area contributed by atoms with Crippen LogP contribution in [0.3, 0.4) is 0 Å². The van der Waals surface area contributed by atoms with Crippen molar-refractivity contribution in [1.29, 1.82) is 0 Å². The molecule has 4 aromatic rings. The van der Waals surface area contributed by atoms with Crippen molar-refractivity contribution in [2.75, 3.05) is 33.6 Å². The van der Waals surface area contributed by atoms with E-state index in [-0.39, 0.29) is 18.3 Å². The molecule has 2 aromatic heterocycles. The Morgan fingerprint density at radius 1 is 1.00 bits per heavy atom. The van der Waals surface area contributed by atoms with Gasteiger partial charge in [-0.15, -0.1) is 10.2 Å². The van der Waals surface area contributed by atoms with Gasteiger partial charge < -0.3 is 14.4 Å². The van der Waals surface area contributed by atoms with E-state index in [1.54, 1.807) is 42.7 Å². The second kappa shape index (κ2) is 12.5. The van der Waals surface area contributed by atoms with Gasteiger partial charge in [0.2, 0.25) is 5.13 Å². The molecule has 0 saturated carbocycles. The Morgan fingerprint density at radius 3 is 2.34 bits per heavy atom. The maximum Gasteiger partial charge on any atom is 0.257 e. The minimum absolute atomic E-state index is 0.241. The monoisotopic (exact) mass is 495 g/mol. The summed E-state index contributed by atoms with van der Waals surface area (Å²) < 4.78 is 24.1. The molecule has 0 fully saturated rings. The van der Waals surface area contributed by atoms with E-state index in [0.717, 1.165) is 11.1 Å². The fraction of sp³-hybridized carbons (Fsp3) is 0.200. The molecule has 1 N–H and O–H groups in total. The number of carbonyl (C=O) groups is 1. The predicted molar refractivity (Wildman–Crippen MR) is 134 cm³/mol. The molecule has 0 aliphatic rings. The Morgan fingerprint density at radius 2 is 1.69 bits per heavy atom. The molecule has 0 aliphatic carbocycles. The summed E-state index contributed by atoms with van der Waals surface area (Å²) in [7, 11) is 7.49. The number of hydrogen-bond donors (Lipinski definition) is 1. The standard InChI is InChI=1S/C22H17FN4O3S.C3H9N/c1-29-19-12-16(4-7-18(19)30-13-14-2-5-17(23)6-3-14)20(28)25-22-27-26-21(31-22)15-8-10-24-11-9-15;1-4(2)3/h2-12H,13H2,1H3,(H,25,27,28);1-3H3. The summed E-state index contributed by atoms with van der Waals surface area (Å²) in [5.74, 6) is 0.226. The number of rotatable bonds is 7. The highest BCUT2D eigenvalue weighted by Gasteiger charge is 2.14. The van der Waals surface area contributed by atoms with Crippen molar-refractivity contribution in [1.82, 2.24) is 20.1 Å². The van der Waals surface area contributed by atoms with Crippen molar-refractivity contribution in [3.8, 4) is 22.1 Å². The first-order valence-corrected chi connectivity index (χ1v) is 11.4. The first-order chi connectivity index (χ1) is 16.9. The van der Waals surface area contributed by atoms with E-state index in [2.05, 4.69) is 20.5 Å². The molecule has 0 atom stereocenters. The van der Waals surface area contributed by atoms with Crippen molar-refractivity contribution < 1.29 is 18.7 Å². The highest BCUT2D eigenvalue weighted by molar-refractivity contribution is 7.18. The molecule has 0 radical (unpaired) electrons. The largest absolute Gasteiger partial charge is 0.493 e. The number of anilines is 1. The van der Waals surface area contributed by atoms with Gasteiger partial charge in [0, 0.05) is 23.5 Å². The third-order valence-electron chi connectivity index (χ3n) is 4.31. The van der Waals surface area contributed by atoms with Gasteiger partial charge in [0.15, 0.2) is 11.5 Å². The zero-order chi connectivity index (χ0) is 25.2. The Bertz CT molecular complexity index is 1230. The summed E-state index contributed by atoms with van der Waals surface area (Å²) in [5, 5.41) is 11.9. The lowest BCUT2D eigenvalue weighted by molar-refractivity contribution is 0.102. The summed E-state index contributed by atoms with van der Waals surface area (Å²) in [5.41, 5.74) is 2.07. The molecule has 0 aliphatic heterocycles. The van der Waals surface area contributed by atoms with Gasteiger partial charge in [0.25, 0.3) is 5.91 Å². The number of methoxy groups -OCH3 is 1. The van der Waals surface area contributed by atoms with E-state index in [1.807, 2.05) is 38.2 Å². The smallest absolute Gasteiger partial charge is 0.257 e. The predicted octanol–water partition coefficient (Wildman–Crippen LogP) is 4.76. The number of benzene rings is 2. The molecule has 0 saturated heterocycles. The van der Waals surface area contributed by atoms with Gasteiger partial charge in [0.05, 0.1) is 7.11 Å². The lowest BCUT2D eigenvalue weighted by Crippen LogP contribution is -2.12. The Labute approximate surface area is 207 Å². The van der Waals surface area contributed by atoms with E-state index in [4.69, 9.17) is 9.47 Å². The molecule has 10 heteroatoms. The number of halogens is 1. The second-order valence-electron chi connectivity index (χ2n) is 7.72. The van der Waals surface area contributed by atoms with E-state index in [1.165, 1.54) is 30.6 Å². The number of aromatic nitrogens is 3.